The lowest BCUT2D eigenvalue weighted by atomic mass is 10.0. The summed E-state index contributed by atoms with van der Waals surface area (Å²) in [5, 5.41) is 0. The van der Waals surface area contributed by atoms with Crippen molar-refractivity contribution in [2.75, 3.05) is 0 Å². The van der Waals surface area contributed by atoms with E-state index in [0.717, 1.165) is 16.7 Å². The van der Waals surface area contributed by atoms with Gasteiger partial charge in [0.1, 0.15) is 0 Å². The monoisotopic (exact) mass is 172 g/mol. The summed E-state index contributed by atoms with van der Waals surface area (Å²) in [6.07, 6.45) is 9.09. The molecule has 0 amide bonds. The van der Waals surface area contributed by atoms with Crippen LogP contribution in [0.15, 0.2) is 73.4 Å². The highest BCUT2D eigenvalue weighted by atomic mass is 14.0. The maximum absolute atomic E-state index is 3.89. The molecule has 0 radical (unpaired) electrons. The normalized spacial score (nSPS) is 12.1. The molecule has 0 unspecified atom stereocenters. The third-order valence-electron chi connectivity index (χ3n) is 1.72. The number of hydrogen-bond donors (Lipinski definition) is 0. The van der Waals surface area contributed by atoms with E-state index in [1.54, 1.807) is 18.2 Å². The van der Waals surface area contributed by atoms with Crippen molar-refractivity contribution in [3.63, 3.8) is 0 Å². The summed E-state index contributed by atoms with van der Waals surface area (Å²) in [6, 6.07) is 0. The van der Waals surface area contributed by atoms with Crippen molar-refractivity contribution in [3.8, 4) is 0 Å². The van der Waals surface area contributed by atoms with Gasteiger partial charge in [-0.15, -0.1) is 0 Å². The van der Waals surface area contributed by atoms with Crippen molar-refractivity contribution < 1.29 is 0 Å². The molecule has 0 fully saturated rings. The van der Waals surface area contributed by atoms with Crippen LogP contribution < -0.4 is 0 Å². The molecule has 0 aromatic carbocycles. The van der Waals surface area contributed by atoms with Gasteiger partial charge in [0, 0.05) is 0 Å². The Hall–Kier alpha value is -1.56. The molecule has 0 spiro atoms. The SMILES string of the molecule is C=C/C=C\C(C(=C)C=C)=C(/C)C=C. The molecule has 0 heterocycles. The van der Waals surface area contributed by atoms with E-state index in [-0.39, 0.29) is 0 Å². The van der Waals surface area contributed by atoms with Crippen LogP contribution in [0, 0.1) is 0 Å². The van der Waals surface area contributed by atoms with Gasteiger partial charge in [0.25, 0.3) is 0 Å². The summed E-state index contributed by atoms with van der Waals surface area (Å²) in [5.41, 5.74) is 3.03. The van der Waals surface area contributed by atoms with E-state index < -0.39 is 0 Å². The van der Waals surface area contributed by atoms with Crippen LogP contribution in [0.1, 0.15) is 6.92 Å². The van der Waals surface area contributed by atoms with E-state index in [9.17, 15) is 0 Å². The van der Waals surface area contributed by atoms with Crippen LogP contribution in [-0.2, 0) is 0 Å². The van der Waals surface area contributed by atoms with Crippen molar-refractivity contribution in [2.24, 2.45) is 0 Å². The predicted molar refractivity (Wildman–Crippen MR) is 61.6 cm³/mol. The van der Waals surface area contributed by atoms with E-state index in [2.05, 4.69) is 26.3 Å². The quantitative estimate of drug-likeness (QED) is 0.550. The Morgan fingerprint density at radius 3 is 2.08 bits per heavy atom. The zero-order chi connectivity index (χ0) is 10.3. The van der Waals surface area contributed by atoms with Crippen molar-refractivity contribution in [3.05, 3.63) is 73.4 Å². The van der Waals surface area contributed by atoms with Crippen molar-refractivity contribution >= 4 is 0 Å². The molecule has 0 rings (SSSR count). The second-order valence-electron chi connectivity index (χ2n) is 2.62. The molecule has 0 N–H and O–H groups in total. The first-order chi connectivity index (χ1) is 6.17. The van der Waals surface area contributed by atoms with Crippen molar-refractivity contribution in [1.82, 2.24) is 0 Å². The second kappa shape index (κ2) is 6.01. The highest BCUT2D eigenvalue weighted by molar-refractivity contribution is 5.49. The molecule has 0 aliphatic heterocycles. The average molecular weight is 172 g/mol. The Bertz CT molecular complexity index is 285. The predicted octanol–water partition coefficient (Wildman–Crippen LogP) is 3.97. The second-order valence-corrected chi connectivity index (χ2v) is 2.62. The van der Waals surface area contributed by atoms with Gasteiger partial charge in [0.2, 0.25) is 0 Å². The first kappa shape index (κ1) is 11.4. The molecule has 0 aliphatic carbocycles. The fourth-order valence-electron chi connectivity index (χ4n) is 0.876. The zero-order valence-electron chi connectivity index (χ0n) is 8.22. The van der Waals surface area contributed by atoms with E-state index in [1.165, 1.54) is 0 Å². The van der Waals surface area contributed by atoms with Crippen LogP contribution in [0.25, 0.3) is 0 Å². The lowest BCUT2D eigenvalue weighted by molar-refractivity contribution is 1.42. The summed E-state index contributed by atoms with van der Waals surface area (Å²) >= 11 is 0. The topological polar surface area (TPSA) is 0 Å². The Balaban J connectivity index is 5.07. The average Bonchev–Trinajstić information content (AvgIpc) is 2.17. The Labute approximate surface area is 81.0 Å². The van der Waals surface area contributed by atoms with Crippen LogP contribution in [-0.4, -0.2) is 0 Å². The largest absolute Gasteiger partial charge is 0.0991 e. The smallest absolute Gasteiger partial charge is 0.0161 e. The zero-order valence-corrected chi connectivity index (χ0v) is 8.22. The molecule has 0 saturated heterocycles. The minimum atomic E-state index is 0.899. The molecule has 0 heteroatoms. The highest BCUT2D eigenvalue weighted by Gasteiger charge is 1.97. The van der Waals surface area contributed by atoms with Gasteiger partial charge in [-0.25, -0.2) is 0 Å². The Morgan fingerprint density at radius 1 is 1.08 bits per heavy atom. The van der Waals surface area contributed by atoms with Crippen molar-refractivity contribution in [2.45, 2.75) is 6.92 Å². The van der Waals surface area contributed by atoms with E-state index in [1.807, 2.05) is 19.1 Å². The molecule has 0 atom stereocenters. The summed E-state index contributed by atoms with van der Waals surface area (Å²) in [5.74, 6) is 0. The summed E-state index contributed by atoms with van der Waals surface area (Å²) in [6.45, 7) is 16.9. The van der Waals surface area contributed by atoms with Crippen LogP contribution in [0.4, 0.5) is 0 Å². The van der Waals surface area contributed by atoms with Gasteiger partial charge in [-0.1, -0.05) is 56.7 Å². The number of allylic oxidation sites excluding steroid dienone is 8. The standard InChI is InChI=1S/C13H16/c1-6-9-10-13(11(4)7-2)12(5)8-3/h6-10H,1-4H2,5H3/b10-9-,13-12-. The molecule has 13 heavy (non-hydrogen) atoms. The number of rotatable bonds is 5. The van der Waals surface area contributed by atoms with Crippen LogP contribution >= 0.6 is 0 Å². The fraction of sp³-hybridized carbons (Fsp3) is 0.0769. The molecule has 68 valence electrons. The summed E-state index contributed by atoms with van der Waals surface area (Å²) < 4.78 is 0. The van der Waals surface area contributed by atoms with Gasteiger partial charge in [-0.2, -0.15) is 0 Å². The Morgan fingerprint density at radius 2 is 1.69 bits per heavy atom. The lowest BCUT2D eigenvalue weighted by Gasteiger charge is -2.04. The maximum atomic E-state index is 3.89. The fourth-order valence-corrected chi connectivity index (χ4v) is 0.876. The van der Waals surface area contributed by atoms with Gasteiger partial charge in [-0.05, 0) is 23.6 Å². The molecule has 0 saturated carbocycles. The van der Waals surface area contributed by atoms with Gasteiger partial charge in [0.05, 0.1) is 0 Å². The Kier molecular flexibility index (Phi) is 5.29. The van der Waals surface area contributed by atoms with Crippen LogP contribution in [0.3, 0.4) is 0 Å². The third kappa shape index (κ3) is 3.57. The van der Waals surface area contributed by atoms with Crippen LogP contribution in [0.2, 0.25) is 0 Å². The molecule has 0 bridgehead atoms. The number of hydrogen-bond acceptors (Lipinski definition) is 0. The van der Waals surface area contributed by atoms with Gasteiger partial charge in [-0.3, -0.25) is 0 Å². The maximum Gasteiger partial charge on any atom is -0.0161 e. The lowest BCUT2D eigenvalue weighted by Crippen LogP contribution is -1.84. The summed E-state index contributed by atoms with van der Waals surface area (Å²) in [7, 11) is 0. The van der Waals surface area contributed by atoms with Gasteiger partial charge < -0.3 is 0 Å². The van der Waals surface area contributed by atoms with E-state index >= 15 is 0 Å². The molecule has 0 aromatic rings. The first-order valence-corrected chi connectivity index (χ1v) is 4.11. The van der Waals surface area contributed by atoms with Gasteiger partial charge in [0.15, 0.2) is 0 Å². The minimum Gasteiger partial charge on any atom is -0.0991 e. The molecule has 0 aromatic heterocycles. The van der Waals surface area contributed by atoms with Crippen molar-refractivity contribution in [1.29, 1.82) is 0 Å². The minimum absolute atomic E-state index is 0.899. The highest BCUT2D eigenvalue weighted by Crippen LogP contribution is 2.16. The van der Waals surface area contributed by atoms with Crippen LogP contribution in [0.5, 0.6) is 0 Å². The van der Waals surface area contributed by atoms with Gasteiger partial charge >= 0.3 is 0 Å². The third-order valence-corrected chi connectivity index (χ3v) is 1.72. The molecular weight excluding hydrogens is 156 g/mol. The molecule has 0 nitrogen and oxygen atoms in total. The summed E-state index contributed by atoms with van der Waals surface area (Å²) in [4.78, 5) is 0. The van der Waals surface area contributed by atoms with E-state index in [4.69, 9.17) is 0 Å². The molecule has 0 aliphatic rings. The van der Waals surface area contributed by atoms with E-state index in [0.29, 0.717) is 0 Å². The molecular formula is C13H16. The first-order valence-electron chi connectivity index (χ1n) is 4.11.